The van der Waals surface area contributed by atoms with E-state index in [0.717, 1.165) is 12.0 Å². The van der Waals surface area contributed by atoms with Crippen molar-refractivity contribution in [3.8, 4) is 0 Å². The van der Waals surface area contributed by atoms with Gasteiger partial charge in [0.25, 0.3) is 0 Å². The lowest BCUT2D eigenvalue weighted by molar-refractivity contribution is -0.117. The minimum atomic E-state index is -0.538. The van der Waals surface area contributed by atoms with Gasteiger partial charge in [0, 0.05) is 11.6 Å². The largest absolute Gasteiger partial charge is 0.322 e. The van der Waals surface area contributed by atoms with Crippen molar-refractivity contribution in [2.75, 3.05) is 18.9 Å². The molecule has 0 aliphatic heterocycles. The first-order valence-electron chi connectivity index (χ1n) is 7.49. The van der Waals surface area contributed by atoms with Crippen LogP contribution in [0.25, 0.3) is 0 Å². The van der Waals surface area contributed by atoms with Crippen molar-refractivity contribution in [2.24, 2.45) is 0 Å². The Morgan fingerprint density at radius 2 is 1.83 bits per heavy atom. The summed E-state index contributed by atoms with van der Waals surface area (Å²) in [4.78, 5) is 13.9. The van der Waals surface area contributed by atoms with Crippen LogP contribution in [-0.4, -0.2) is 24.4 Å². The Hall–Kier alpha value is -1.91. The number of anilines is 1. The minimum Gasteiger partial charge on any atom is -0.322 e. The number of nitrogens with zero attached hydrogens (tertiary/aromatic N) is 1. The molecule has 0 saturated carbocycles. The molecule has 1 N–H and O–H groups in total. The topological polar surface area (TPSA) is 32.3 Å². The first-order valence-corrected chi connectivity index (χ1v) is 7.87. The van der Waals surface area contributed by atoms with Gasteiger partial charge in [-0.3, -0.25) is 9.69 Å². The summed E-state index contributed by atoms with van der Waals surface area (Å²) >= 11 is 5.69. The van der Waals surface area contributed by atoms with Crippen LogP contribution in [0.1, 0.15) is 18.1 Å². The molecule has 5 heteroatoms. The number of rotatable bonds is 6. The highest BCUT2D eigenvalue weighted by Gasteiger charge is 2.10. The average Bonchev–Trinajstić information content (AvgIpc) is 2.50. The van der Waals surface area contributed by atoms with E-state index in [-0.39, 0.29) is 18.1 Å². The lowest BCUT2D eigenvalue weighted by Gasteiger charge is -2.17. The molecule has 3 nitrogen and oxygen atoms in total. The highest BCUT2D eigenvalue weighted by atomic mass is 35.5. The predicted molar refractivity (Wildman–Crippen MR) is 92.2 cm³/mol. The lowest BCUT2D eigenvalue weighted by atomic mass is 10.1. The van der Waals surface area contributed by atoms with Crippen LogP contribution in [0.2, 0.25) is 5.02 Å². The Morgan fingerprint density at radius 3 is 2.43 bits per heavy atom. The molecule has 0 bridgehead atoms. The van der Waals surface area contributed by atoms with Crippen molar-refractivity contribution in [1.82, 2.24) is 4.90 Å². The third kappa shape index (κ3) is 5.34. The van der Waals surface area contributed by atoms with Crippen molar-refractivity contribution in [3.05, 3.63) is 64.4 Å². The SMILES string of the molecule is CCc1ccc(CN(C)CC(=O)Nc2ccc(Cl)cc2F)cc1. The van der Waals surface area contributed by atoms with Gasteiger partial charge in [-0.1, -0.05) is 42.8 Å². The second-order valence-electron chi connectivity index (χ2n) is 5.51. The summed E-state index contributed by atoms with van der Waals surface area (Å²) in [5.74, 6) is -0.803. The maximum absolute atomic E-state index is 13.7. The van der Waals surface area contributed by atoms with Crippen molar-refractivity contribution in [2.45, 2.75) is 19.9 Å². The summed E-state index contributed by atoms with van der Waals surface area (Å²) in [6.07, 6.45) is 1.01. The van der Waals surface area contributed by atoms with Gasteiger partial charge >= 0.3 is 0 Å². The highest BCUT2D eigenvalue weighted by molar-refractivity contribution is 6.30. The van der Waals surface area contributed by atoms with E-state index >= 15 is 0 Å². The van der Waals surface area contributed by atoms with Crippen LogP contribution < -0.4 is 5.32 Å². The van der Waals surface area contributed by atoms with Crippen LogP contribution in [0.3, 0.4) is 0 Å². The Labute approximate surface area is 141 Å². The zero-order chi connectivity index (χ0) is 16.8. The van der Waals surface area contributed by atoms with Crippen LogP contribution >= 0.6 is 11.6 Å². The molecule has 0 heterocycles. The number of hydrogen-bond acceptors (Lipinski definition) is 2. The number of carbonyl (C=O) groups is 1. The predicted octanol–water partition coefficient (Wildman–Crippen LogP) is 4.11. The standard InChI is InChI=1S/C18H20ClFN2O/c1-3-13-4-6-14(7-5-13)11-22(2)12-18(23)21-17-9-8-15(19)10-16(17)20/h4-10H,3,11-12H2,1-2H3,(H,21,23). The van der Waals surface area contributed by atoms with Gasteiger partial charge in [0.15, 0.2) is 0 Å². The third-order valence-corrected chi connectivity index (χ3v) is 3.74. The highest BCUT2D eigenvalue weighted by Crippen LogP contribution is 2.18. The molecule has 23 heavy (non-hydrogen) atoms. The van der Waals surface area contributed by atoms with E-state index in [1.54, 1.807) is 6.07 Å². The molecule has 0 unspecified atom stereocenters. The molecule has 0 aliphatic carbocycles. The molecule has 122 valence electrons. The minimum absolute atomic E-state index is 0.139. The van der Waals surface area contributed by atoms with Gasteiger partial charge in [0.2, 0.25) is 5.91 Å². The smallest absolute Gasteiger partial charge is 0.238 e. The van der Waals surface area contributed by atoms with Gasteiger partial charge in [-0.15, -0.1) is 0 Å². The Kier molecular flexibility index (Phi) is 6.13. The summed E-state index contributed by atoms with van der Waals surface area (Å²) < 4.78 is 13.7. The van der Waals surface area contributed by atoms with Gasteiger partial charge in [-0.2, -0.15) is 0 Å². The molecular weight excluding hydrogens is 315 g/mol. The van der Waals surface area contributed by atoms with E-state index in [1.807, 2.05) is 11.9 Å². The number of amides is 1. The first kappa shape index (κ1) is 17.4. The third-order valence-electron chi connectivity index (χ3n) is 3.50. The quantitative estimate of drug-likeness (QED) is 0.862. The van der Waals surface area contributed by atoms with Crippen LogP contribution in [0.4, 0.5) is 10.1 Å². The molecule has 0 fully saturated rings. The molecule has 2 aromatic carbocycles. The molecule has 2 rings (SSSR count). The molecule has 0 atom stereocenters. The van der Waals surface area contributed by atoms with E-state index < -0.39 is 5.82 Å². The number of likely N-dealkylation sites (N-methyl/N-ethyl adjacent to an activating group) is 1. The molecule has 0 aliphatic rings. The summed E-state index contributed by atoms with van der Waals surface area (Å²) in [7, 11) is 1.85. The van der Waals surface area contributed by atoms with E-state index in [2.05, 4.69) is 36.5 Å². The van der Waals surface area contributed by atoms with E-state index in [4.69, 9.17) is 11.6 Å². The van der Waals surface area contributed by atoms with E-state index in [0.29, 0.717) is 11.6 Å². The number of hydrogen-bond donors (Lipinski definition) is 1. The van der Waals surface area contributed by atoms with E-state index in [1.165, 1.54) is 17.7 Å². The summed E-state index contributed by atoms with van der Waals surface area (Å²) in [6, 6.07) is 12.5. The number of nitrogens with one attached hydrogen (secondary N) is 1. The maximum Gasteiger partial charge on any atom is 0.238 e. The lowest BCUT2D eigenvalue weighted by Crippen LogP contribution is -2.30. The first-order chi connectivity index (χ1) is 11.0. The van der Waals surface area contributed by atoms with Crippen LogP contribution in [0.15, 0.2) is 42.5 Å². The summed E-state index contributed by atoms with van der Waals surface area (Å²) in [5.41, 5.74) is 2.56. The van der Waals surface area contributed by atoms with Gasteiger partial charge in [0.05, 0.1) is 12.2 Å². The number of benzene rings is 2. The van der Waals surface area contributed by atoms with Crippen LogP contribution in [-0.2, 0) is 17.8 Å². The average molecular weight is 335 g/mol. The number of aryl methyl sites for hydroxylation is 1. The zero-order valence-electron chi connectivity index (χ0n) is 13.3. The van der Waals surface area contributed by atoms with Crippen molar-refractivity contribution in [1.29, 1.82) is 0 Å². The summed E-state index contributed by atoms with van der Waals surface area (Å²) in [6.45, 7) is 2.94. The molecule has 0 aromatic heterocycles. The van der Waals surface area contributed by atoms with Crippen LogP contribution in [0, 0.1) is 5.82 Å². The van der Waals surface area contributed by atoms with Gasteiger partial charge in [-0.25, -0.2) is 4.39 Å². The van der Waals surface area contributed by atoms with Gasteiger partial charge in [-0.05, 0) is 42.8 Å². The normalized spacial score (nSPS) is 10.8. The Morgan fingerprint density at radius 1 is 1.17 bits per heavy atom. The van der Waals surface area contributed by atoms with Crippen LogP contribution in [0.5, 0.6) is 0 Å². The maximum atomic E-state index is 13.7. The number of carbonyl (C=O) groups excluding carboxylic acids is 1. The fourth-order valence-corrected chi connectivity index (χ4v) is 2.43. The fourth-order valence-electron chi connectivity index (χ4n) is 2.27. The van der Waals surface area contributed by atoms with Crippen molar-refractivity contribution < 1.29 is 9.18 Å². The Bertz CT molecular complexity index is 673. The molecular formula is C18H20ClFN2O. The fraction of sp³-hybridized carbons (Fsp3) is 0.278. The van der Waals surface area contributed by atoms with Crippen molar-refractivity contribution in [3.63, 3.8) is 0 Å². The Balaban J connectivity index is 1.88. The molecule has 0 spiro atoms. The monoisotopic (exact) mass is 334 g/mol. The summed E-state index contributed by atoms with van der Waals surface area (Å²) in [5, 5.41) is 2.86. The second kappa shape index (κ2) is 8.09. The van der Waals surface area contributed by atoms with Gasteiger partial charge in [0.1, 0.15) is 5.82 Å². The van der Waals surface area contributed by atoms with Crippen molar-refractivity contribution >= 4 is 23.2 Å². The molecule has 0 radical (unpaired) electrons. The number of halogens is 2. The zero-order valence-corrected chi connectivity index (χ0v) is 14.0. The second-order valence-corrected chi connectivity index (χ2v) is 5.95. The van der Waals surface area contributed by atoms with Gasteiger partial charge < -0.3 is 5.32 Å². The molecule has 0 saturated heterocycles. The van der Waals surface area contributed by atoms with E-state index in [9.17, 15) is 9.18 Å². The molecule has 2 aromatic rings. The molecule has 1 amide bonds.